The van der Waals surface area contributed by atoms with Crippen molar-refractivity contribution >= 4 is 6.29 Å². The quantitative estimate of drug-likeness (QED) is 0.688. The highest BCUT2D eigenvalue weighted by atomic mass is 19.1. The molecule has 0 amide bonds. The van der Waals surface area contributed by atoms with Gasteiger partial charge in [0.25, 0.3) is 0 Å². The number of nitrogens with zero attached hydrogens (tertiary/aromatic N) is 1. The Hall–Kier alpha value is -1.90. The van der Waals surface area contributed by atoms with Crippen molar-refractivity contribution in [1.82, 2.24) is 4.57 Å². The number of aryl methyl sites for hydroxylation is 1. The Bertz CT molecular complexity index is 482. The lowest BCUT2D eigenvalue weighted by Gasteiger charge is -2.06. The monoisotopic (exact) mass is 203 g/mol. The lowest BCUT2D eigenvalue weighted by Crippen LogP contribution is -1.98. The van der Waals surface area contributed by atoms with Gasteiger partial charge < -0.3 is 4.57 Å². The third-order valence-corrected chi connectivity index (χ3v) is 2.21. The van der Waals surface area contributed by atoms with Gasteiger partial charge in [0.2, 0.25) is 0 Å². The summed E-state index contributed by atoms with van der Waals surface area (Å²) in [5, 5.41) is 0. The molecule has 0 unspecified atom stereocenters. The van der Waals surface area contributed by atoms with Crippen LogP contribution in [0.4, 0.5) is 4.39 Å². The Morgan fingerprint density at radius 3 is 2.80 bits per heavy atom. The van der Waals surface area contributed by atoms with E-state index in [4.69, 9.17) is 0 Å². The molecular weight excluding hydrogens is 193 g/mol. The van der Waals surface area contributed by atoms with E-state index in [1.807, 2.05) is 13.0 Å². The van der Waals surface area contributed by atoms with Gasteiger partial charge in [-0.2, -0.15) is 0 Å². The Morgan fingerprint density at radius 2 is 2.13 bits per heavy atom. The predicted octanol–water partition coefficient (Wildman–Crippen LogP) is 2.74. The van der Waals surface area contributed by atoms with Gasteiger partial charge in [-0.25, -0.2) is 4.39 Å². The number of benzene rings is 1. The summed E-state index contributed by atoms with van der Waals surface area (Å²) in [6.45, 7) is 1.82. The lowest BCUT2D eigenvalue weighted by atomic mass is 10.2. The first-order valence-electron chi connectivity index (χ1n) is 4.61. The van der Waals surface area contributed by atoms with Gasteiger partial charge in [-0.05, 0) is 42.8 Å². The van der Waals surface area contributed by atoms with Crippen molar-refractivity contribution in [2.45, 2.75) is 6.92 Å². The van der Waals surface area contributed by atoms with Crippen molar-refractivity contribution in [3.8, 4) is 5.69 Å². The van der Waals surface area contributed by atoms with E-state index in [-0.39, 0.29) is 5.82 Å². The summed E-state index contributed by atoms with van der Waals surface area (Å²) >= 11 is 0. The first-order chi connectivity index (χ1) is 7.20. The molecule has 0 spiro atoms. The Labute approximate surface area is 87.0 Å². The molecule has 1 aromatic heterocycles. The molecule has 0 N–H and O–H groups in total. The van der Waals surface area contributed by atoms with Gasteiger partial charge in [0.05, 0.1) is 5.69 Å². The molecule has 0 aliphatic heterocycles. The fraction of sp³-hybridized carbons (Fsp3) is 0.0833. The SMILES string of the molecule is Cc1cc(F)cc(-n2cccc2C=O)c1. The van der Waals surface area contributed by atoms with Crippen LogP contribution in [-0.4, -0.2) is 10.9 Å². The highest BCUT2D eigenvalue weighted by Gasteiger charge is 2.03. The summed E-state index contributed by atoms with van der Waals surface area (Å²) in [7, 11) is 0. The fourth-order valence-electron chi connectivity index (χ4n) is 1.58. The molecule has 2 nitrogen and oxygen atoms in total. The summed E-state index contributed by atoms with van der Waals surface area (Å²) < 4.78 is 14.8. The van der Waals surface area contributed by atoms with Gasteiger partial charge in [0.15, 0.2) is 6.29 Å². The molecule has 15 heavy (non-hydrogen) atoms. The van der Waals surface area contributed by atoms with E-state index in [9.17, 15) is 9.18 Å². The van der Waals surface area contributed by atoms with Crippen LogP contribution in [-0.2, 0) is 0 Å². The third kappa shape index (κ3) is 1.81. The summed E-state index contributed by atoms with van der Waals surface area (Å²) in [5.74, 6) is -0.296. The molecule has 0 aliphatic carbocycles. The zero-order valence-corrected chi connectivity index (χ0v) is 8.27. The standard InChI is InChI=1S/C12H10FNO/c1-9-5-10(13)7-12(6-9)14-4-2-3-11(14)8-15/h2-8H,1H3. The second-order valence-electron chi connectivity index (χ2n) is 3.41. The summed E-state index contributed by atoms with van der Waals surface area (Å²) in [6.07, 6.45) is 2.48. The highest BCUT2D eigenvalue weighted by molar-refractivity contribution is 5.73. The molecule has 0 bridgehead atoms. The van der Waals surface area contributed by atoms with Crippen LogP contribution in [0.15, 0.2) is 36.5 Å². The fourth-order valence-corrected chi connectivity index (χ4v) is 1.58. The van der Waals surface area contributed by atoms with Crippen LogP contribution in [0.2, 0.25) is 0 Å². The molecular formula is C12H10FNO. The van der Waals surface area contributed by atoms with E-state index in [0.717, 1.165) is 11.8 Å². The molecule has 0 fully saturated rings. The normalized spacial score (nSPS) is 10.3. The van der Waals surface area contributed by atoms with Gasteiger partial charge in [0, 0.05) is 11.9 Å². The minimum atomic E-state index is -0.296. The van der Waals surface area contributed by atoms with Crippen molar-refractivity contribution < 1.29 is 9.18 Å². The third-order valence-electron chi connectivity index (χ3n) is 2.21. The van der Waals surface area contributed by atoms with Crippen LogP contribution in [0.5, 0.6) is 0 Å². The Morgan fingerprint density at radius 1 is 1.33 bits per heavy atom. The largest absolute Gasteiger partial charge is 0.314 e. The maximum absolute atomic E-state index is 13.2. The molecule has 0 saturated heterocycles. The summed E-state index contributed by atoms with van der Waals surface area (Å²) in [4.78, 5) is 10.7. The van der Waals surface area contributed by atoms with E-state index < -0.39 is 0 Å². The molecule has 0 atom stereocenters. The number of halogens is 1. The second-order valence-corrected chi connectivity index (χ2v) is 3.41. The average molecular weight is 203 g/mol. The molecule has 1 heterocycles. The number of aromatic nitrogens is 1. The van der Waals surface area contributed by atoms with Crippen molar-refractivity contribution in [2.75, 3.05) is 0 Å². The Kier molecular flexibility index (Phi) is 2.37. The zero-order chi connectivity index (χ0) is 10.8. The van der Waals surface area contributed by atoms with Gasteiger partial charge in [-0.3, -0.25) is 4.79 Å². The van der Waals surface area contributed by atoms with Crippen LogP contribution in [0.3, 0.4) is 0 Å². The highest BCUT2D eigenvalue weighted by Crippen LogP contribution is 2.15. The first-order valence-corrected chi connectivity index (χ1v) is 4.61. The van der Waals surface area contributed by atoms with Crippen LogP contribution in [0.25, 0.3) is 5.69 Å². The van der Waals surface area contributed by atoms with Crippen molar-refractivity contribution in [3.63, 3.8) is 0 Å². The number of carbonyl (C=O) groups excluding carboxylic acids is 1. The van der Waals surface area contributed by atoms with Gasteiger partial charge in [-0.15, -0.1) is 0 Å². The molecule has 0 aliphatic rings. The number of hydrogen-bond donors (Lipinski definition) is 0. The van der Waals surface area contributed by atoms with E-state index in [1.54, 1.807) is 22.9 Å². The van der Waals surface area contributed by atoms with Crippen LogP contribution in [0.1, 0.15) is 16.1 Å². The molecule has 0 radical (unpaired) electrons. The van der Waals surface area contributed by atoms with Crippen LogP contribution in [0, 0.1) is 12.7 Å². The maximum atomic E-state index is 13.2. The minimum Gasteiger partial charge on any atom is -0.314 e. The maximum Gasteiger partial charge on any atom is 0.166 e. The number of hydrogen-bond acceptors (Lipinski definition) is 1. The predicted molar refractivity (Wildman–Crippen MR) is 55.9 cm³/mol. The Balaban J connectivity index is 2.58. The first kappa shape index (κ1) is 9.65. The molecule has 76 valence electrons. The van der Waals surface area contributed by atoms with E-state index in [1.165, 1.54) is 12.1 Å². The number of carbonyl (C=O) groups is 1. The van der Waals surface area contributed by atoms with E-state index in [0.29, 0.717) is 11.4 Å². The van der Waals surface area contributed by atoms with Crippen molar-refractivity contribution in [1.29, 1.82) is 0 Å². The second kappa shape index (κ2) is 3.69. The van der Waals surface area contributed by atoms with Crippen molar-refractivity contribution in [2.24, 2.45) is 0 Å². The minimum absolute atomic E-state index is 0.296. The average Bonchev–Trinajstić information content (AvgIpc) is 2.63. The summed E-state index contributed by atoms with van der Waals surface area (Å²) in [5.41, 5.74) is 2.01. The lowest BCUT2D eigenvalue weighted by molar-refractivity contribution is 0.111. The van der Waals surface area contributed by atoms with Crippen LogP contribution >= 0.6 is 0 Å². The molecule has 2 aromatic rings. The topological polar surface area (TPSA) is 22.0 Å². The molecule has 3 heteroatoms. The van der Waals surface area contributed by atoms with E-state index >= 15 is 0 Å². The summed E-state index contributed by atoms with van der Waals surface area (Å²) in [6, 6.07) is 8.13. The molecule has 1 aromatic carbocycles. The van der Waals surface area contributed by atoms with Gasteiger partial charge in [-0.1, -0.05) is 0 Å². The number of rotatable bonds is 2. The van der Waals surface area contributed by atoms with Crippen molar-refractivity contribution in [3.05, 3.63) is 53.6 Å². The zero-order valence-electron chi connectivity index (χ0n) is 8.27. The molecule has 0 saturated carbocycles. The van der Waals surface area contributed by atoms with Gasteiger partial charge >= 0.3 is 0 Å². The smallest absolute Gasteiger partial charge is 0.166 e. The van der Waals surface area contributed by atoms with E-state index in [2.05, 4.69) is 0 Å². The van der Waals surface area contributed by atoms with Crippen LogP contribution < -0.4 is 0 Å². The number of aldehydes is 1. The molecule has 2 rings (SSSR count). The van der Waals surface area contributed by atoms with Gasteiger partial charge in [0.1, 0.15) is 5.82 Å².